The average Bonchev–Trinajstić information content (AvgIpc) is 2.35. The van der Waals surface area contributed by atoms with E-state index >= 15 is 0 Å². The standard InChI is InChI=1S/C13H22N2OS/c1-5-11-8-15(7-3)10(4)13(16)12(11)9-17-14-6-2/h5,14,16H,1,6-9H2,2-4H3. The van der Waals surface area contributed by atoms with Crippen molar-refractivity contribution in [2.45, 2.75) is 20.8 Å². The lowest BCUT2D eigenvalue weighted by Crippen LogP contribution is -2.30. The van der Waals surface area contributed by atoms with Crippen LogP contribution in [0.1, 0.15) is 20.8 Å². The predicted octanol–water partition coefficient (Wildman–Crippen LogP) is 2.85. The van der Waals surface area contributed by atoms with E-state index < -0.39 is 0 Å². The van der Waals surface area contributed by atoms with Crippen LogP contribution in [0.4, 0.5) is 0 Å². The molecule has 4 heteroatoms. The number of nitrogens with one attached hydrogen (secondary N) is 1. The normalized spacial score (nSPS) is 16.8. The molecule has 0 fully saturated rings. The van der Waals surface area contributed by atoms with Crippen molar-refractivity contribution in [3.05, 3.63) is 35.3 Å². The van der Waals surface area contributed by atoms with Gasteiger partial charge in [0.15, 0.2) is 0 Å². The number of hydrogen-bond donors (Lipinski definition) is 2. The number of likely N-dealkylation sites (N-methyl/N-ethyl adjacent to an activating group) is 1. The van der Waals surface area contributed by atoms with Crippen LogP contribution in [0.25, 0.3) is 0 Å². The zero-order valence-electron chi connectivity index (χ0n) is 10.9. The molecule has 1 heterocycles. The molecule has 0 saturated heterocycles. The van der Waals surface area contributed by atoms with E-state index in [0.717, 1.165) is 42.2 Å². The van der Waals surface area contributed by atoms with E-state index in [1.165, 1.54) is 0 Å². The van der Waals surface area contributed by atoms with Crippen LogP contribution in [-0.4, -0.2) is 35.4 Å². The lowest BCUT2D eigenvalue weighted by molar-refractivity contribution is 0.325. The first kappa shape index (κ1) is 14.2. The summed E-state index contributed by atoms with van der Waals surface area (Å²) >= 11 is 1.63. The number of aliphatic hydroxyl groups excluding tert-OH is 1. The van der Waals surface area contributed by atoms with Crippen LogP contribution < -0.4 is 4.72 Å². The first-order valence-corrected chi connectivity index (χ1v) is 6.98. The monoisotopic (exact) mass is 254 g/mol. The van der Waals surface area contributed by atoms with Gasteiger partial charge in [-0.05, 0) is 19.4 Å². The van der Waals surface area contributed by atoms with Gasteiger partial charge in [-0.25, -0.2) is 0 Å². The molecule has 17 heavy (non-hydrogen) atoms. The molecule has 0 aromatic heterocycles. The highest BCUT2D eigenvalue weighted by Crippen LogP contribution is 2.28. The van der Waals surface area contributed by atoms with Crippen molar-refractivity contribution in [1.29, 1.82) is 0 Å². The summed E-state index contributed by atoms with van der Waals surface area (Å²) < 4.78 is 3.20. The van der Waals surface area contributed by atoms with Crippen molar-refractivity contribution >= 4 is 11.9 Å². The van der Waals surface area contributed by atoms with E-state index in [2.05, 4.69) is 30.0 Å². The topological polar surface area (TPSA) is 35.5 Å². The summed E-state index contributed by atoms with van der Waals surface area (Å²) in [5.74, 6) is 1.19. The lowest BCUT2D eigenvalue weighted by Gasteiger charge is -2.31. The fourth-order valence-electron chi connectivity index (χ4n) is 1.86. The molecule has 1 aliphatic heterocycles. The van der Waals surface area contributed by atoms with Crippen molar-refractivity contribution < 1.29 is 5.11 Å². The molecule has 0 amide bonds. The van der Waals surface area contributed by atoms with E-state index in [-0.39, 0.29) is 0 Å². The second-order valence-corrected chi connectivity index (χ2v) is 4.81. The number of allylic oxidation sites excluding steroid dienone is 2. The van der Waals surface area contributed by atoms with Gasteiger partial charge in [-0.2, -0.15) is 0 Å². The molecule has 0 spiro atoms. The molecule has 0 unspecified atom stereocenters. The second kappa shape index (κ2) is 6.77. The van der Waals surface area contributed by atoms with Crippen molar-refractivity contribution in [2.75, 3.05) is 25.4 Å². The van der Waals surface area contributed by atoms with Gasteiger partial charge in [0.1, 0.15) is 5.76 Å². The third-order valence-corrected chi connectivity index (χ3v) is 3.87. The Kier molecular flexibility index (Phi) is 5.65. The molecular weight excluding hydrogens is 232 g/mol. The van der Waals surface area contributed by atoms with Gasteiger partial charge in [0.2, 0.25) is 0 Å². The predicted molar refractivity (Wildman–Crippen MR) is 75.9 cm³/mol. The van der Waals surface area contributed by atoms with Crippen molar-refractivity contribution in [3.63, 3.8) is 0 Å². The summed E-state index contributed by atoms with van der Waals surface area (Å²) in [5, 5.41) is 10.2. The van der Waals surface area contributed by atoms with Crippen LogP contribution in [0.2, 0.25) is 0 Å². The summed E-state index contributed by atoms with van der Waals surface area (Å²) in [7, 11) is 0. The third-order valence-electron chi connectivity index (χ3n) is 2.94. The minimum atomic E-state index is 0.415. The largest absolute Gasteiger partial charge is 0.506 e. The number of hydrogen-bond acceptors (Lipinski definition) is 4. The molecular formula is C13H22N2OS. The summed E-state index contributed by atoms with van der Waals surface area (Å²) in [6.07, 6.45) is 1.85. The highest BCUT2D eigenvalue weighted by atomic mass is 32.2. The van der Waals surface area contributed by atoms with Gasteiger partial charge in [0.05, 0.1) is 5.70 Å². The van der Waals surface area contributed by atoms with Gasteiger partial charge < -0.3 is 10.0 Å². The highest BCUT2D eigenvalue weighted by Gasteiger charge is 2.21. The van der Waals surface area contributed by atoms with Crippen LogP contribution in [0, 0.1) is 0 Å². The zero-order chi connectivity index (χ0) is 12.8. The number of nitrogens with zero attached hydrogens (tertiary/aromatic N) is 1. The van der Waals surface area contributed by atoms with Crippen LogP contribution in [0.15, 0.2) is 35.3 Å². The first-order chi connectivity index (χ1) is 8.15. The average molecular weight is 254 g/mol. The van der Waals surface area contributed by atoms with E-state index in [0.29, 0.717) is 5.76 Å². The quantitative estimate of drug-likeness (QED) is 0.564. The maximum Gasteiger partial charge on any atom is 0.138 e. The molecule has 0 aromatic rings. The van der Waals surface area contributed by atoms with Crippen LogP contribution in [0.3, 0.4) is 0 Å². The van der Waals surface area contributed by atoms with Gasteiger partial charge in [0, 0.05) is 31.0 Å². The van der Waals surface area contributed by atoms with E-state index in [1.54, 1.807) is 11.9 Å². The van der Waals surface area contributed by atoms with E-state index in [1.807, 2.05) is 13.0 Å². The lowest BCUT2D eigenvalue weighted by atomic mass is 10.0. The van der Waals surface area contributed by atoms with Crippen LogP contribution in [0.5, 0.6) is 0 Å². The molecule has 0 aromatic carbocycles. The molecule has 0 radical (unpaired) electrons. The molecule has 0 bridgehead atoms. The SMILES string of the molecule is C=CC1=C(CSNCC)C(O)=C(C)N(CC)C1. The van der Waals surface area contributed by atoms with Gasteiger partial charge in [0.25, 0.3) is 0 Å². The molecule has 2 N–H and O–H groups in total. The third kappa shape index (κ3) is 3.30. The van der Waals surface area contributed by atoms with E-state index in [9.17, 15) is 5.11 Å². The molecule has 1 aliphatic rings. The second-order valence-electron chi connectivity index (χ2n) is 3.94. The maximum absolute atomic E-state index is 10.2. The van der Waals surface area contributed by atoms with Gasteiger partial charge >= 0.3 is 0 Å². The molecule has 0 atom stereocenters. The zero-order valence-corrected chi connectivity index (χ0v) is 11.7. The number of aliphatic hydroxyl groups is 1. The summed E-state index contributed by atoms with van der Waals surface area (Å²) in [6, 6.07) is 0. The molecule has 3 nitrogen and oxygen atoms in total. The van der Waals surface area contributed by atoms with Crippen LogP contribution >= 0.6 is 11.9 Å². The van der Waals surface area contributed by atoms with Crippen molar-refractivity contribution in [3.8, 4) is 0 Å². The molecule has 0 aliphatic carbocycles. The van der Waals surface area contributed by atoms with Crippen LogP contribution in [-0.2, 0) is 0 Å². The summed E-state index contributed by atoms with van der Waals surface area (Å²) in [5.41, 5.74) is 3.10. The number of rotatable bonds is 6. The highest BCUT2D eigenvalue weighted by molar-refractivity contribution is 7.97. The van der Waals surface area contributed by atoms with Gasteiger partial charge in [-0.15, -0.1) is 0 Å². The smallest absolute Gasteiger partial charge is 0.138 e. The van der Waals surface area contributed by atoms with Crippen molar-refractivity contribution in [1.82, 2.24) is 9.62 Å². The Morgan fingerprint density at radius 2 is 2.24 bits per heavy atom. The Hall–Kier alpha value is -0.870. The van der Waals surface area contributed by atoms with Gasteiger partial charge in [-0.3, -0.25) is 4.72 Å². The Bertz CT molecular complexity index is 347. The Morgan fingerprint density at radius 3 is 2.76 bits per heavy atom. The molecule has 1 rings (SSSR count). The summed E-state index contributed by atoms with van der Waals surface area (Å²) in [4.78, 5) is 2.16. The minimum absolute atomic E-state index is 0.415. The Morgan fingerprint density at radius 1 is 1.53 bits per heavy atom. The van der Waals surface area contributed by atoms with Gasteiger partial charge in [-0.1, -0.05) is 31.5 Å². The molecule has 96 valence electrons. The maximum atomic E-state index is 10.2. The van der Waals surface area contributed by atoms with E-state index in [4.69, 9.17) is 0 Å². The fourth-order valence-corrected chi connectivity index (χ4v) is 2.64. The summed E-state index contributed by atoms with van der Waals surface area (Å²) in [6.45, 7) is 12.6. The first-order valence-electron chi connectivity index (χ1n) is 5.99. The van der Waals surface area contributed by atoms with Crippen molar-refractivity contribution in [2.24, 2.45) is 0 Å². The Balaban J connectivity index is 2.89. The molecule has 0 saturated carbocycles. The minimum Gasteiger partial charge on any atom is -0.506 e. The Labute approximate surface area is 108 Å². The fraction of sp³-hybridized carbons (Fsp3) is 0.538.